The predicted molar refractivity (Wildman–Crippen MR) is 70.3 cm³/mol. The summed E-state index contributed by atoms with van der Waals surface area (Å²) in [6, 6.07) is 7.87. The van der Waals surface area contributed by atoms with Gasteiger partial charge in [0.2, 0.25) is 0 Å². The normalized spacial score (nSPS) is 18.9. The van der Waals surface area contributed by atoms with Crippen LogP contribution < -0.4 is 5.73 Å². The van der Waals surface area contributed by atoms with E-state index in [1.807, 2.05) is 24.3 Å². The van der Waals surface area contributed by atoms with Gasteiger partial charge in [-0.05, 0) is 30.0 Å². The first-order chi connectivity index (χ1) is 9.35. The fourth-order valence-corrected chi connectivity index (χ4v) is 2.29. The topological polar surface area (TPSA) is 74.2 Å². The standard InChI is InChI=1S/C14H17N3O2/c15-8-10-2-1-3-12(6-10)14-16-13(17-19-14)7-11-4-5-18-9-11/h1-3,6,11H,4-5,7-9,15H2. The van der Waals surface area contributed by atoms with Gasteiger partial charge >= 0.3 is 0 Å². The van der Waals surface area contributed by atoms with Crippen molar-refractivity contribution in [3.8, 4) is 11.5 Å². The Hall–Kier alpha value is -1.72. The summed E-state index contributed by atoms with van der Waals surface area (Å²) in [6.07, 6.45) is 1.90. The third-order valence-electron chi connectivity index (χ3n) is 3.37. The maximum absolute atomic E-state index is 5.63. The monoisotopic (exact) mass is 259 g/mol. The SMILES string of the molecule is NCc1cccc(-c2nc(CC3CCOC3)no2)c1. The van der Waals surface area contributed by atoms with Gasteiger partial charge in [0.1, 0.15) is 0 Å². The van der Waals surface area contributed by atoms with Crippen molar-refractivity contribution >= 4 is 0 Å². The number of ether oxygens (including phenoxy) is 1. The molecule has 19 heavy (non-hydrogen) atoms. The number of rotatable bonds is 4. The summed E-state index contributed by atoms with van der Waals surface area (Å²) < 4.78 is 10.7. The van der Waals surface area contributed by atoms with E-state index in [2.05, 4.69) is 10.1 Å². The Morgan fingerprint density at radius 3 is 3.11 bits per heavy atom. The molecule has 0 spiro atoms. The quantitative estimate of drug-likeness (QED) is 0.905. The molecule has 1 saturated heterocycles. The molecule has 1 fully saturated rings. The van der Waals surface area contributed by atoms with E-state index in [0.29, 0.717) is 18.4 Å². The summed E-state index contributed by atoms with van der Waals surface area (Å²) in [6.45, 7) is 2.15. The van der Waals surface area contributed by atoms with E-state index in [-0.39, 0.29) is 0 Å². The summed E-state index contributed by atoms with van der Waals surface area (Å²) in [5.41, 5.74) is 7.61. The van der Waals surface area contributed by atoms with Gasteiger partial charge in [0.15, 0.2) is 5.82 Å². The Morgan fingerprint density at radius 1 is 1.37 bits per heavy atom. The van der Waals surface area contributed by atoms with Crippen LogP contribution in [0.15, 0.2) is 28.8 Å². The van der Waals surface area contributed by atoms with Crippen molar-refractivity contribution in [3.63, 3.8) is 0 Å². The molecule has 2 N–H and O–H groups in total. The van der Waals surface area contributed by atoms with Crippen LogP contribution in [0.3, 0.4) is 0 Å². The third kappa shape index (κ3) is 2.83. The lowest BCUT2D eigenvalue weighted by atomic mass is 10.1. The van der Waals surface area contributed by atoms with Crippen LogP contribution in [0.25, 0.3) is 11.5 Å². The smallest absolute Gasteiger partial charge is 0.257 e. The minimum Gasteiger partial charge on any atom is -0.381 e. The van der Waals surface area contributed by atoms with Gasteiger partial charge in [0.05, 0.1) is 0 Å². The van der Waals surface area contributed by atoms with Crippen LogP contribution in [0.4, 0.5) is 0 Å². The highest BCUT2D eigenvalue weighted by Gasteiger charge is 2.19. The van der Waals surface area contributed by atoms with E-state index < -0.39 is 0 Å². The lowest BCUT2D eigenvalue weighted by Crippen LogP contribution is -2.04. The summed E-state index contributed by atoms with van der Waals surface area (Å²) in [5.74, 6) is 1.83. The van der Waals surface area contributed by atoms with Crippen LogP contribution in [-0.2, 0) is 17.7 Å². The van der Waals surface area contributed by atoms with Gasteiger partial charge in [-0.1, -0.05) is 17.3 Å². The number of hydrogen-bond donors (Lipinski definition) is 1. The van der Waals surface area contributed by atoms with Crippen molar-refractivity contribution < 1.29 is 9.26 Å². The van der Waals surface area contributed by atoms with Gasteiger partial charge in [-0.3, -0.25) is 0 Å². The molecule has 1 unspecified atom stereocenters. The molecular formula is C14H17N3O2. The molecule has 1 aromatic heterocycles. The Bertz CT molecular complexity index is 547. The zero-order chi connectivity index (χ0) is 13.1. The van der Waals surface area contributed by atoms with Crippen LogP contribution in [-0.4, -0.2) is 23.4 Å². The molecule has 100 valence electrons. The van der Waals surface area contributed by atoms with Gasteiger partial charge in [-0.2, -0.15) is 4.98 Å². The van der Waals surface area contributed by atoms with Crippen LogP contribution in [0.1, 0.15) is 17.8 Å². The first-order valence-corrected chi connectivity index (χ1v) is 6.55. The Balaban J connectivity index is 1.76. The maximum atomic E-state index is 5.63. The fourth-order valence-electron chi connectivity index (χ4n) is 2.29. The highest BCUT2D eigenvalue weighted by molar-refractivity contribution is 5.53. The Labute approximate surface area is 111 Å². The number of hydrogen-bond acceptors (Lipinski definition) is 5. The van der Waals surface area contributed by atoms with E-state index in [1.54, 1.807) is 0 Å². The van der Waals surface area contributed by atoms with Crippen molar-refractivity contribution in [2.24, 2.45) is 11.7 Å². The van der Waals surface area contributed by atoms with Crippen molar-refractivity contribution in [1.29, 1.82) is 0 Å². The van der Waals surface area contributed by atoms with Crippen molar-refractivity contribution in [2.75, 3.05) is 13.2 Å². The highest BCUT2D eigenvalue weighted by atomic mass is 16.5. The summed E-state index contributed by atoms with van der Waals surface area (Å²) in [7, 11) is 0. The van der Waals surface area contributed by atoms with E-state index >= 15 is 0 Å². The van der Waals surface area contributed by atoms with Gasteiger partial charge in [-0.15, -0.1) is 0 Å². The second-order valence-corrected chi connectivity index (χ2v) is 4.85. The molecule has 1 aliphatic heterocycles. The fraction of sp³-hybridized carbons (Fsp3) is 0.429. The lowest BCUT2D eigenvalue weighted by Gasteiger charge is -2.01. The lowest BCUT2D eigenvalue weighted by molar-refractivity contribution is 0.185. The number of benzene rings is 1. The third-order valence-corrected chi connectivity index (χ3v) is 3.37. The molecule has 0 saturated carbocycles. The summed E-state index contributed by atoms with van der Waals surface area (Å²) >= 11 is 0. The number of aromatic nitrogens is 2. The molecule has 5 heteroatoms. The Kier molecular flexibility index (Phi) is 3.57. The molecule has 0 amide bonds. The van der Waals surface area contributed by atoms with Crippen molar-refractivity contribution in [1.82, 2.24) is 10.1 Å². The molecule has 1 atom stereocenters. The minimum absolute atomic E-state index is 0.508. The zero-order valence-corrected chi connectivity index (χ0v) is 10.7. The van der Waals surface area contributed by atoms with E-state index in [0.717, 1.165) is 43.0 Å². The van der Waals surface area contributed by atoms with Gasteiger partial charge in [0.25, 0.3) is 5.89 Å². The molecule has 5 nitrogen and oxygen atoms in total. The molecule has 2 aromatic rings. The van der Waals surface area contributed by atoms with Gasteiger partial charge in [-0.25, -0.2) is 0 Å². The largest absolute Gasteiger partial charge is 0.381 e. The van der Waals surface area contributed by atoms with E-state index in [1.165, 1.54) is 0 Å². The second-order valence-electron chi connectivity index (χ2n) is 4.85. The number of nitrogens with two attached hydrogens (primary N) is 1. The first-order valence-electron chi connectivity index (χ1n) is 6.55. The average Bonchev–Trinajstić information content (AvgIpc) is 3.11. The van der Waals surface area contributed by atoms with E-state index in [4.69, 9.17) is 15.0 Å². The summed E-state index contributed by atoms with van der Waals surface area (Å²) in [5, 5.41) is 4.04. The average molecular weight is 259 g/mol. The molecule has 0 bridgehead atoms. The predicted octanol–water partition coefficient (Wildman–Crippen LogP) is 1.77. The van der Waals surface area contributed by atoms with Gasteiger partial charge < -0.3 is 15.0 Å². The zero-order valence-electron chi connectivity index (χ0n) is 10.7. The molecule has 1 aromatic carbocycles. The van der Waals surface area contributed by atoms with Crippen LogP contribution >= 0.6 is 0 Å². The molecule has 0 aliphatic carbocycles. The highest BCUT2D eigenvalue weighted by Crippen LogP contribution is 2.21. The van der Waals surface area contributed by atoms with Crippen LogP contribution in [0.5, 0.6) is 0 Å². The molecular weight excluding hydrogens is 242 g/mol. The maximum Gasteiger partial charge on any atom is 0.257 e. The van der Waals surface area contributed by atoms with Gasteiger partial charge in [0, 0.05) is 31.7 Å². The van der Waals surface area contributed by atoms with Crippen molar-refractivity contribution in [2.45, 2.75) is 19.4 Å². The Morgan fingerprint density at radius 2 is 2.32 bits per heavy atom. The summed E-state index contributed by atoms with van der Waals surface area (Å²) in [4.78, 5) is 4.45. The van der Waals surface area contributed by atoms with Crippen LogP contribution in [0.2, 0.25) is 0 Å². The van der Waals surface area contributed by atoms with E-state index in [9.17, 15) is 0 Å². The molecule has 0 radical (unpaired) electrons. The van der Waals surface area contributed by atoms with Crippen molar-refractivity contribution in [3.05, 3.63) is 35.7 Å². The molecule has 2 heterocycles. The van der Waals surface area contributed by atoms with Crippen LogP contribution in [0, 0.1) is 5.92 Å². The second kappa shape index (κ2) is 5.50. The first kappa shape index (κ1) is 12.3. The number of nitrogens with zero attached hydrogens (tertiary/aromatic N) is 2. The molecule has 3 rings (SSSR count). The minimum atomic E-state index is 0.508. The molecule has 1 aliphatic rings.